The van der Waals surface area contributed by atoms with Crippen LogP contribution in [0.4, 0.5) is 8.78 Å². The van der Waals surface area contributed by atoms with Crippen LogP contribution in [0.5, 0.6) is 23.1 Å². The third kappa shape index (κ3) is 5.17. The Morgan fingerprint density at radius 3 is 2.44 bits per heavy atom. The van der Waals surface area contributed by atoms with E-state index in [1.807, 2.05) is 0 Å². The van der Waals surface area contributed by atoms with Crippen LogP contribution in [0.2, 0.25) is 0 Å². The summed E-state index contributed by atoms with van der Waals surface area (Å²) in [5.41, 5.74) is 0.945. The molecule has 0 bridgehead atoms. The van der Waals surface area contributed by atoms with Gasteiger partial charge >= 0.3 is 0 Å². The molecule has 0 aliphatic heterocycles. The Morgan fingerprint density at radius 2 is 1.72 bits per heavy atom. The molecule has 0 amide bonds. The molecular weight excluding hydrogens is 508 g/mol. The largest absolute Gasteiger partial charge is 0.491 e. The smallest absolute Gasteiger partial charge is 0.265 e. The van der Waals surface area contributed by atoms with Crippen molar-refractivity contribution < 1.29 is 27.8 Å². The van der Waals surface area contributed by atoms with Gasteiger partial charge < -0.3 is 14.2 Å². The maximum Gasteiger partial charge on any atom is 0.265 e. The minimum atomic E-state index is -0.706. The number of ketones is 1. The summed E-state index contributed by atoms with van der Waals surface area (Å²) in [5, 5.41) is 0. The van der Waals surface area contributed by atoms with Crippen molar-refractivity contribution in [2.75, 3.05) is 14.2 Å². The van der Waals surface area contributed by atoms with E-state index in [0.717, 1.165) is 0 Å². The van der Waals surface area contributed by atoms with E-state index in [1.54, 1.807) is 18.2 Å². The molecule has 0 saturated carbocycles. The third-order valence-corrected chi connectivity index (χ3v) is 5.95. The minimum Gasteiger partial charge on any atom is -0.491 e. The van der Waals surface area contributed by atoms with Crippen molar-refractivity contribution in [2.24, 2.45) is 0 Å². The van der Waals surface area contributed by atoms with Gasteiger partial charge in [-0.05, 0) is 54.1 Å². The normalized spacial score (nSPS) is 10.9. The van der Waals surface area contributed by atoms with Gasteiger partial charge in [0.05, 0.1) is 25.3 Å². The van der Waals surface area contributed by atoms with Gasteiger partial charge in [0.2, 0.25) is 0 Å². The van der Waals surface area contributed by atoms with Crippen LogP contribution in [-0.2, 0) is 6.42 Å². The highest BCUT2D eigenvalue weighted by Crippen LogP contribution is 2.34. The third-order valence-electron chi connectivity index (χ3n) is 5.95. The van der Waals surface area contributed by atoms with E-state index in [2.05, 4.69) is 9.97 Å². The van der Waals surface area contributed by atoms with Gasteiger partial charge in [0.15, 0.2) is 28.8 Å². The molecular formula is C29H21F2N3O5. The van der Waals surface area contributed by atoms with Crippen molar-refractivity contribution in [2.45, 2.75) is 6.42 Å². The van der Waals surface area contributed by atoms with E-state index >= 15 is 4.39 Å². The van der Waals surface area contributed by atoms with Crippen molar-refractivity contribution in [3.05, 3.63) is 112 Å². The van der Waals surface area contributed by atoms with E-state index in [9.17, 15) is 14.0 Å². The van der Waals surface area contributed by atoms with Gasteiger partial charge in [0.1, 0.15) is 11.3 Å². The molecule has 10 heteroatoms. The molecule has 3 heterocycles. The van der Waals surface area contributed by atoms with E-state index < -0.39 is 23.0 Å². The number of nitrogens with zero attached hydrogens (tertiary/aromatic N) is 3. The van der Waals surface area contributed by atoms with Gasteiger partial charge in [-0.2, -0.15) is 0 Å². The molecule has 39 heavy (non-hydrogen) atoms. The first-order valence-electron chi connectivity index (χ1n) is 11.7. The van der Waals surface area contributed by atoms with Gasteiger partial charge in [-0.25, -0.2) is 13.8 Å². The van der Waals surface area contributed by atoms with Crippen LogP contribution in [0.1, 0.15) is 15.9 Å². The Morgan fingerprint density at radius 1 is 0.923 bits per heavy atom. The van der Waals surface area contributed by atoms with Gasteiger partial charge in [-0.1, -0.05) is 6.07 Å². The van der Waals surface area contributed by atoms with Crippen molar-refractivity contribution in [1.82, 2.24) is 14.5 Å². The highest BCUT2D eigenvalue weighted by molar-refractivity contribution is 5.97. The van der Waals surface area contributed by atoms with E-state index in [1.165, 1.54) is 79.7 Å². The summed E-state index contributed by atoms with van der Waals surface area (Å²) in [6.45, 7) is 0. The average Bonchev–Trinajstić information content (AvgIpc) is 2.94. The first-order chi connectivity index (χ1) is 18.9. The Hall–Kier alpha value is -5.12. The second kappa shape index (κ2) is 10.7. The van der Waals surface area contributed by atoms with Crippen LogP contribution < -0.4 is 19.8 Å². The molecule has 0 unspecified atom stereocenters. The zero-order chi connectivity index (χ0) is 27.5. The lowest BCUT2D eigenvalue weighted by Gasteiger charge is -2.12. The molecule has 0 spiro atoms. The molecule has 2 aromatic carbocycles. The van der Waals surface area contributed by atoms with Crippen LogP contribution >= 0.6 is 0 Å². The fourth-order valence-electron chi connectivity index (χ4n) is 4.03. The number of methoxy groups -OCH3 is 2. The second-order valence-electron chi connectivity index (χ2n) is 8.42. The van der Waals surface area contributed by atoms with Gasteiger partial charge in [-0.3, -0.25) is 19.1 Å². The Kier molecular flexibility index (Phi) is 7.00. The molecule has 0 aliphatic rings. The Bertz CT molecular complexity index is 1750. The average molecular weight is 529 g/mol. The van der Waals surface area contributed by atoms with Crippen LogP contribution in [0.3, 0.4) is 0 Å². The van der Waals surface area contributed by atoms with E-state index in [4.69, 9.17) is 14.2 Å². The van der Waals surface area contributed by atoms with E-state index in [0.29, 0.717) is 28.0 Å². The first-order valence-corrected chi connectivity index (χ1v) is 11.7. The molecule has 0 fully saturated rings. The predicted molar refractivity (Wildman–Crippen MR) is 139 cm³/mol. The second-order valence-corrected chi connectivity index (χ2v) is 8.42. The lowest BCUT2D eigenvalue weighted by atomic mass is 10.0. The van der Waals surface area contributed by atoms with Gasteiger partial charge in [0, 0.05) is 36.6 Å². The summed E-state index contributed by atoms with van der Waals surface area (Å²) < 4.78 is 45.8. The van der Waals surface area contributed by atoms with Crippen molar-refractivity contribution in [1.29, 1.82) is 0 Å². The number of rotatable bonds is 8. The van der Waals surface area contributed by atoms with Gasteiger partial charge in [0.25, 0.3) is 11.4 Å². The fraction of sp³-hybridized carbons (Fsp3) is 0.103. The van der Waals surface area contributed by atoms with Crippen LogP contribution in [0.15, 0.2) is 83.9 Å². The van der Waals surface area contributed by atoms with Crippen molar-refractivity contribution in [3.8, 4) is 28.8 Å². The number of benzene rings is 2. The SMILES string of the molecule is COc1cc2nccc(Oc3ccc(CC(=O)c4cccn(-c5ccc(F)cc5)c4=O)cc3F)c2nc1OC. The maximum atomic E-state index is 15.0. The molecule has 8 nitrogen and oxygen atoms in total. The molecule has 5 aromatic rings. The highest BCUT2D eigenvalue weighted by Gasteiger charge is 2.17. The molecule has 5 rings (SSSR count). The number of aromatic nitrogens is 3. The molecule has 0 atom stereocenters. The minimum absolute atomic E-state index is 0.0683. The summed E-state index contributed by atoms with van der Waals surface area (Å²) in [7, 11) is 2.92. The number of hydrogen-bond acceptors (Lipinski definition) is 7. The summed E-state index contributed by atoms with van der Waals surface area (Å²) in [5.74, 6) is -0.878. The Labute approximate surface area is 221 Å². The number of carbonyl (C=O) groups is 1. The number of fused-ring (bicyclic) bond motifs is 1. The van der Waals surface area contributed by atoms with Crippen LogP contribution in [0.25, 0.3) is 16.7 Å². The lowest BCUT2D eigenvalue weighted by Crippen LogP contribution is -2.25. The standard InChI is InChI=1S/C29H21F2N3O5/c1-37-26-16-22-27(33-28(26)38-2)25(11-12-32-22)39-24-10-5-17(14-21(24)31)15-23(35)20-4-3-13-34(29(20)36)19-8-6-18(30)7-9-19/h3-14,16H,15H2,1-2H3. The summed E-state index contributed by atoms with van der Waals surface area (Å²) in [6.07, 6.45) is 2.77. The fourth-order valence-corrected chi connectivity index (χ4v) is 4.03. The van der Waals surface area contributed by atoms with Crippen molar-refractivity contribution >= 4 is 16.8 Å². The highest BCUT2D eigenvalue weighted by atomic mass is 19.1. The molecule has 3 aromatic heterocycles. The summed E-state index contributed by atoms with van der Waals surface area (Å²) in [4.78, 5) is 34.5. The van der Waals surface area contributed by atoms with Crippen LogP contribution in [0, 0.1) is 11.6 Å². The summed E-state index contributed by atoms with van der Waals surface area (Å²) >= 11 is 0. The first kappa shape index (κ1) is 25.5. The maximum absolute atomic E-state index is 15.0. The number of ether oxygens (including phenoxy) is 3. The predicted octanol–water partition coefficient (Wildman–Crippen LogP) is 5.29. The number of carbonyl (C=O) groups excluding carboxylic acids is 1. The van der Waals surface area contributed by atoms with Crippen molar-refractivity contribution in [3.63, 3.8) is 0 Å². The summed E-state index contributed by atoms with van der Waals surface area (Å²) in [6, 6.07) is 15.6. The number of pyridine rings is 3. The quantitative estimate of drug-likeness (QED) is 0.252. The Balaban J connectivity index is 1.38. The molecule has 196 valence electrons. The topological polar surface area (TPSA) is 92.5 Å². The number of hydrogen-bond donors (Lipinski definition) is 0. The van der Waals surface area contributed by atoms with Crippen LogP contribution in [-0.4, -0.2) is 34.5 Å². The lowest BCUT2D eigenvalue weighted by molar-refractivity contribution is 0.0991. The van der Waals surface area contributed by atoms with E-state index in [-0.39, 0.29) is 29.4 Å². The number of halogens is 2. The molecule has 0 aliphatic carbocycles. The number of Topliss-reactive ketones (excluding diaryl/α,β-unsaturated/α-hetero) is 1. The molecule has 0 saturated heterocycles. The van der Waals surface area contributed by atoms with Gasteiger partial charge in [-0.15, -0.1) is 0 Å². The zero-order valence-electron chi connectivity index (χ0n) is 20.9. The molecule has 0 radical (unpaired) electrons. The monoisotopic (exact) mass is 529 g/mol. The zero-order valence-corrected chi connectivity index (χ0v) is 20.9. The molecule has 0 N–H and O–H groups in total.